The summed E-state index contributed by atoms with van der Waals surface area (Å²) in [6.07, 6.45) is 0. The maximum absolute atomic E-state index is 11.2. The van der Waals surface area contributed by atoms with Crippen molar-refractivity contribution in [3.05, 3.63) is 0 Å². The zero-order valence-electron chi connectivity index (χ0n) is 4.16. The van der Waals surface area contributed by atoms with Crippen LogP contribution in [0.2, 0.25) is 0 Å². The first-order valence-corrected chi connectivity index (χ1v) is 4.63. The molecule has 0 aliphatic carbocycles. The number of hydrogen-bond donors (Lipinski definition) is 1. The largest absolute Gasteiger partial charge is 0.286 e. The summed E-state index contributed by atoms with van der Waals surface area (Å²) < 4.78 is 55.8. The lowest BCUT2D eigenvalue weighted by atomic mass is 11.0. The zero-order chi connectivity index (χ0) is 7.82. The van der Waals surface area contributed by atoms with E-state index in [1.165, 1.54) is 0 Å². The highest BCUT2D eigenvalue weighted by atomic mass is 32.5. The average molecular weight is 188 g/mol. The minimum Gasteiger partial charge on any atom is -0.178 e. The Labute approximate surface area is 54.6 Å². The third kappa shape index (κ3) is 8.35. The fourth-order valence-corrected chi connectivity index (χ4v) is 1.55. The van der Waals surface area contributed by atoms with Crippen LogP contribution < -0.4 is 0 Å². The molecule has 0 fully saturated rings. The van der Waals surface area contributed by atoms with E-state index in [4.69, 9.17) is 0 Å². The van der Waals surface area contributed by atoms with Crippen molar-refractivity contribution < 1.29 is 19.4 Å². The Hall–Kier alpha value is 0.350. The van der Waals surface area contributed by atoms with Gasteiger partial charge < -0.3 is 0 Å². The van der Waals surface area contributed by atoms with Crippen LogP contribution in [0.5, 0.6) is 0 Å². The highest BCUT2D eigenvalue weighted by Crippen LogP contribution is 2.97. The molecule has 0 aliphatic rings. The van der Waals surface area contributed by atoms with E-state index in [-0.39, 0.29) is 0 Å². The quantitative estimate of drug-likeness (QED) is 0.499. The van der Waals surface area contributed by atoms with E-state index in [0.717, 1.165) is 0 Å². The molecule has 0 radical (unpaired) electrons. The Morgan fingerprint density at radius 3 is 1.33 bits per heavy atom. The molecule has 0 unspecified atom stereocenters. The summed E-state index contributed by atoms with van der Waals surface area (Å²) in [5.41, 5.74) is 0. The molecular formula is C2H5F5S2. The third-order valence-corrected chi connectivity index (χ3v) is 1.98. The number of hydrogen-bond acceptors (Lipinski definition) is 1. The summed E-state index contributed by atoms with van der Waals surface area (Å²) in [5, 5.41) is 0. The van der Waals surface area contributed by atoms with E-state index in [1.54, 1.807) is 0 Å². The molecule has 0 aromatic heterocycles. The number of halogens is 5. The predicted molar refractivity (Wildman–Crippen MR) is 31.9 cm³/mol. The Morgan fingerprint density at radius 2 is 1.33 bits per heavy atom. The fourth-order valence-electron chi connectivity index (χ4n) is 0.173. The van der Waals surface area contributed by atoms with Crippen LogP contribution in [-0.2, 0) is 0 Å². The van der Waals surface area contributed by atoms with Gasteiger partial charge in [0.25, 0.3) is 10.2 Å². The predicted octanol–water partition coefficient (Wildman–Crippen LogP) is 3.21. The van der Waals surface area contributed by atoms with Crippen LogP contribution >= 0.6 is 22.9 Å². The second kappa shape index (κ2) is 1.50. The highest BCUT2D eigenvalue weighted by molar-refractivity contribution is 8.45. The number of rotatable bonds is 2. The molecule has 0 bridgehead atoms. The first kappa shape index (κ1) is 9.35. The van der Waals surface area contributed by atoms with Crippen LogP contribution in [0, 0.1) is 0 Å². The van der Waals surface area contributed by atoms with Crippen molar-refractivity contribution in [3.8, 4) is 0 Å². The van der Waals surface area contributed by atoms with Gasteiger partial charge in [0.15, 0.2) is 0 Å². The van der Waals surface area contributed by atoms with Crippen molar-refractivity contribution in [1.82, 2.24) is 0 Å². The summed E-state index contributed by atoms with van der Waals surface area (Å²) in [6, 6.07) is 0. The van der Waals surface area contributed by atoms with Gasteiger partial charge in [0.2, 0.25) is 0 Å². The highest BCUT2D eigenvalue weighted by Gasteiger charge is 2.62. The van der Waals surface area contributed by atoms with Gasteiger partial charge in [-0.15, -0.1) is 0 Å². The van der Waals surface area contributed by atoms with E-state index < -0.39 is 21.7 Å². The second-order valence-electron chi connectivity index (χ2n) is 1.56. The Morgan fingerprint density at radius 1 is 1.00 bits per heavy atom. The van der Waals surface area contributed by atoms with Gasteiger partial charge in [-0.05, 0) is 0 Å². The summed E-state index contributed by atoms with van der Waals surface area (Å²) in [5.74, 6) is -2.94. The minimum absolute atomic E-state index is 0.863. The van der Waals surface area contributed by atoms with Crippen molar-refractivity contribution in [2.45, 2.75) is 0 Å². The molecule has 9 heavy (non-hydrogen) atoms. The Bertz CT molecular complexity index is 107. The van der Waals surface area contributed by atoms with Crippen molar-refractivity contribution in [2.24, 2.45) is 0 Å². The zero-order valence-corrected chi connectivity index (χ0v) is 5.87. The molecule has 0 aliphatic heterocycles. The van der Waals surface area contributed by atoms with Gasteiger partial charge in [-0.1, -0.05) is 19.4 Å². The molecule has 0 nitrogen and oxygen atoms in total. The van der Waals surface area contributed by atoms with E-state index in [9.17, 15) is 19.4 Å². The van der Waals surface area contributed by atoms with Crippen LogP contribution in [0.1, 0.15) is 0 Å². The maximum Gasteiger partial charge on any atom is 0.286 e. The molecule has 0 amide bonds. The summed E-state index contributed by atoms with van der Waals surface area (Å²) in [4.78, 5) is 0. The lowest BCUT2D eigenvalue weighted by Crippen LogP contribution is -2.11. The molecule has 0 N–H and O–H groups in total. The Kier molecular flexibility index (Phi) is 1.56. The standard InChI is InChI=1S/C2H5F5S2/c3-9(4,5,6,7)2-1-8/h8H,1-2H2. The van der Waals surface area contributed by atoms with Gasteiger partial charge in [-0.3, -0.25) is 0 Å². The van der Waals surface area contributed by atoms with E-state index in [1.807, 2.05) is 0 Å². The van der Waals surface area contributed by atoms with E-state index >= 15 is 0 Å². The van der Waals surface area contributed by atoms with Crippen molar-refractivity contribution in [1.29, 1.82) is 0 Å². The van der Waals surface area contributed by atoms with Crippen LogP contribution in [0.25, 0.3) is 0 Å². The SMILES string of the molecule is FS(F)(F)(F)(F)CCS. The van der Waals surface area contributed by atoms with E-state index in [2.05, 4.69) is 12.6 Å². The molecule has 0 spiro atoms. The lowest BCUT2D eigenvalue weighted by Gasteiger charge is -2.39. The molecule has 0 aromatic carbocycles. The topological polar surface area (TPSA) is 0 Å². The first-order valence-electron chi connectivity index (χ1n) is 1.88. The molecule has 0 atom stereocenters. The normalized spacial score (nSPS) is 20.7. The Balaban J connectivity index is 4.34. The fraction of sp³-hybridized carbons (Fsp3) is 1.00. The average Bonchev–Trinajstić information content (AvgIpc) is 1.22. The van der Waals surface area contributed by atoms with Gasteiger partial charge in [0.05, 0.1) is 5.75 Å². The van der Waals surface area contributed by atoms with Gasteiger partial charge in [0.1, 0.15) is 0 Å². The summed E-state index contributed by atoms with van der Waals surface area (Å²) in [7, 11) is -9.11. The van der Waals surface area contributed by atoms with E-state index in [0.29, 0.717) is 0 Å². The second-order valence-corrected chi connectivity index (χ2v) is 4.67. The van der Waals surface area contributed by atoms with Crippen molar-refractivity contribution in [3.63, 3.8) is 0 Å². The van der Waals surface area contributed by atoms with Gasteiger partial charge in [0, 0.05) is 5.75 Å². The van der Waals surface area contributed by atoms with Gasteiger partial charge >= 0.3 is 0 Å². The van der Waals surface area contributed by atoms with Crippen LogP contribution in [0.4, 0.5) is 19.4 Å². The smallest absolute Gasteiger partial charge is 0.178 e. The molecule has 0 aromatic rings. The van der Waals surface area contributed by atoms with Crippen molar-refractivity contribution >= 4 is 22.9 Å². The van der Waals surface area contributed by atoms with Crippen molar-refractivity contribution in [2.75, 3.05) is 11.5 Å². The molecule has 7 heteroatoms. The minimum atomic E-state index is -9.11. The summed E-state index contributed by atoms with van der Waals surface area (Å²) in [6.45, 7) is 0. The van der Waals surface area contributed by atoms with Crippen LogP contribution in [0.15, 0.2) is 0 Å². The van der Waals surface area contributed by atoms with Gasteiger partial charge in [-0.2, -0.15) is 12.6 Å². The monoisotopic (exact) mass is 188 g/mol. The molecule has 0 heterocycles. The molecule has 60 valence electrons. The maximum atomic E-state index is 11.2. The third-order valence-electron chi connectivity index (χ3n) is 0.477. The lowest BCUT2D eigenvalue weighted by molar-refractivity contribution is 0.367. The molecule has 0 rings (SSSR count). The first-order chi connectivity index (χ1) is 3.54. The number of thiol groups is 1. The summed E-state index contributed by atoms with van der Waals surface area (Å²) >= 11 is 3.05. The van der Waals surface area contributed by atoms with Crippen LogP contribution in [0.3, 0.4) is 0 Å². The van der Waals surface area contributed by atoms with Gasteiger partial charge in [-0.25, -0.2) is 0 Å². The van der Waals surface area contributed by atoms with Crippen LogP contribution in [-0.4, -0.2) is 11.5 Å². The molecule has 0 saturated carbocycles. The molecular weight excluding hydrogens is 183 g/mol. The molecule has 0 saturated heterocycles.